The van der Waals surface area contributed by atoms with Crippen LogP contribution in [0.5, 0.6) is 0 Å². The third kappa shape index (κ3) is 2.37. The first-order chi connectivity index (χ1) is 10.2. The van der Waals surface area contributed by atoms with Gasteiger partial charge in [0.2, 0.25) is 5.91 Å². The van der Waals surface area contributed by atoms with Gasteiger partial charge < -0.3 is 10.1 Å². The number of hydrogen-bond donors (Lipinski definition) is 1. The Bertz CT molecular complexity index is 631. The molecule has 0 unspecified atom stereocenters. The van der Waals surface area contributed by atoms with Crippen molar-refractivity contribution in [3.8, 4) is 0 Å². The molecule has 2 aliphatic rings. The summed E-state index contributed by atoms with van der Waals surface area (Å²) in [6.45, 7) is 2.11. The SMILES string of the molecule is CCOC(=O)C1=C(c2ccccc2)NC(=O)[C@@H]2C=CC[C@H]12. The molecule has 1 aromatic carbocycles. The molecule has 1 heterocycles. The van der Waals surface area contributed by atoms with Crippen LogP contribution in [0.1, 0.15) is 18.9 Å². The number of rotatable bonds is 3. The van der Waals surface area contributed by atoms with Crippen LogP contribution in [0.15, 0.2) is 48.1 Å². The number of allylic oxidation sites excluding steroid dienone is 1. The largest absolute Gasteiger partial charge is 0.463 e. The molecule has 21 heavy (non-hydrogen) atoms. The lowest BCUT2D eigenvalue weighted by molar-refractivity contribution is -0.139. The Kier molecular flexibility index (Phi) is 3.60. The summed E-state index contributed by atoms with van der Waals surface area (Å²) < 4.78 is 5.20. The number of benzene rings is 1. The van der Waals surface area contributed by atoms with Crippen molar-refractivity contribution in [1.82, 2.24) is 5.32 Å². The lowest BCUT2D eigenvalue weighted by Crippen LogP contribution is -2.40. The van der Waals surface area contributed by atoms with Crippen molar-refractivity contribution < 1.29 is 14.3 Å². The Morgan fingerprint density at radius 1 is 1.33 bits per heavy atom. The van der Waals surface area contributed by atoms with Crippen LogP contribution in [0, 0.1) is 11.8 Å². The third-order valence-corrected chi connectivity index (χ3v) is 3.92. The number of carbonyl (C=O) groups is 2. The van der Waals surface area contributed by atoms with Gasteiger partial charge in [0.05, 0.1) is 23.8 Å². The van der Waals surface area contributed by atoms with Gasteiger partial charge in [0.1, 0.15) is 0 Å². The molecule has 1 aromatic rings. The minimum Gasteiger partial charge on any atom is -0.463 e. The number of amides is 1. The molecular weight excluding hydrogens is 266 g/mol. The maximum Gasteiger partial charge on any atom is 0.336 e. The predicted molar refractivity (Wildman–Crippen MR) is 78.9 cm³/mol. The van der Waals surface area contributed by atoms with E-state index >= 15 is 0 Å². The molecule has 3 rings (SSSR count). The number of hydrogen-bond acceptors (Lipinski definition) is 3. The fraction of sp³-hybridized carbons (Fsp3) is 0.294. The van der Waals surface area contributed by atoms with Gasteiger partial charge in [-0.3, -0.25) is 4.79 Å². The number of fused-ring (bicyclic) bond motifs is 1. The van der Waals surface area contributed by atoms with Gasteiger partial charge in [-0.25, -0.2) is 4.79 Å². The van der Waals surface area contributed by atoms with Gasteiger partial charge in [0.25, 0.3) is 0 Å². The summed E-state index contributed by atoms with van der Waals surface area (Å²) in [5, 5.41) is 2.88. The highest BCUT2D eigenvalue weighted by Crippen LogP contribution is 2.39. The first kappa shape index (κ1) is 13.6. The average molecular weight is 283 g/mol. The van der Waals surface area contributed by atoms with E-state index in [1.807, 2.05) is 42.5 Å². The van der Waals surface area contributed by atoms with E-state index in [0.29, 0.717) is 24.3 Å². The van der Waals surface area contributed by atoms with E-state index in [2.05, 4.69) is 5.32 Å². The smallest absolute Gasteiger partial charge is 0.336 e. The molecule has 0 aromatic heterocycles. The molecule has 0 fully saturated rings. The number of esters is 1. The molecule has 4 nitrogen and oxygen atoms in total. The van der Waals surface area contributed by atoms with Crippen molar-refractivity contribution in [2.75, 3.05) is 6.61 Å². The fourth-order valence-electron chi connectivity index (χ4n) is 2.97. The van der Waals surface area contributed by atoms with E-state index in [-0.39, 0.29) is 23.7 Å². The van der Waals surface area contributed by atoms with Crippen molar-refractivity contribution in [1.29, 1.82) is 0 Å². The van der Waals surface area contributed by atoms with Crippen molar-refractivity contribution in [2.24, 2.45) is 11.8 Å². The maximum atomic E-state index is 12.4. The summed E-state index contributed by atoms with van der Waals surface area (Å²) in [4.78, 5) is 24.6. The van der Waals surface area contributed by atoms with Gasteiger partial charge in [0, 0.05) is 5.92 Å². The summed E-state index contributed by atoms with van der Waals surface area (Å²) in [5.74, 6) is -0.777. The summed E-state index contributed by atoms with van der Waals surface area (Å²) in [7, 11) is 0. The zero-order valence-corrected chi connectivity index (χ0v) is 11.8. The molecule has 0 spiro atoms. The van der Waals surface area contributed by atoms with Gasteiger partial charge in [-0.15, -0.1) is 0 Å². The topological polar surface area (TPSA) is 55.4 Å². The molecule has 1 aliphatic carbocycles. The van der Waals surface area contributed by atoms with Crippen molar-refractivity contribution in [3.05, 3.63) is 53.6 Å². The van der Waals surface area contributed by atoms with E-state index < -0.39 is 0 Å². The quantitative estimate of drug-likeness (QED) is 0.684. The van der Waals surface area contributed by atoms with E-state index in [9.17, 15) is 9.59 Å². The number of nitrogens with one attached hydrogen (secondary N) is 1. The molecule has 1 aliphatic heterocycles. The summed E-state index contributed by atoms with van der Waals surface area (Å²) >= 11 is 0. The molecule has 108 valence electrons. The molecule has 0 saturated heterocycles. The molecule has 1 N–H and O–H groups in total. The van der Waals surface area contributed by atoms with E-state index in [0.717, 1.165) is 5.56 Å². The molecule has 0 bridgehead atoms. The van der Waals surface area contributed by atoms with Crippen LogP contribution in [0.4, 0.5) is 0 Å². The standard InChI is InChI=1S/C17H17NO3/c1-2-21-17(20)14-12-9-6-10-13(12)16(19)18-15(14)11-7-4-3-5-8-11/h3-8,10,12-13H,2,9H2,1H3,(H,18,19)/t12-,13+/m0/s1. The van der Waals surface area contributed by atoms with Crippen LogP contribution in [-0.2, 0) is 14.3 Å². The lowest BCUT2D eigenvalue weighted by Gasteiger charge is -2.29. The Balaban J connectivity index is 2.11. The van der Waals surface area contributed by atoms with Crippen molar-refractivity contribution in [2.45, 2.75) is 13.3 Å². The van der Waals surface area contributed by atoms with Crippen molar-refractivity contribution >= 4 is 17.6 Å². The zero-order chi connectivity index (χ0) is 14.8. The van der Waals surface area contributed by atoms with Crippen LogP contribution in [0.3, 0.4) is 0 Å². The third-order valence-electron chi connectivity index (χ3n) is 3.92. The zero-order valence-electron chi connectivity index (χ0n) is 11.8. The summed E-state index contributed by atoms with van der Waals surface area (Å²) in [5.41, 5.74) is 2.00. The van der Waals surface area contributed by atoms with Gasteiger partial charge in [-0.2, -0.15) is 0 Å². The Morgan fingerprint density at radius 3 is 2.81 bits per heavy atom. The first-order valence-corrected chi connectivity index (χ1v) is 7.16. The van der Waals surface area contributed by atoms with Crippen LogP contribution < -0.4 is 5.32 Å². The summed E-state index contributed by atoms with van der Waals surface area (Å²) in [6.07, 6.45) is 4.53. The lowest BCUT2D eigenvalue weighted by atomic mass is 9.82. The summed E-state index contributed by atoms with van der Waals surface area (Å²) in [6, 6.07) is 9.44. The highest BCUT2D eigenvalue weighted by Gasteiger charge is 2.41. The van der Waals surface area contributed by atoms with E-state index in [1.54, 1.807) is 6.92 Å². The Hall–Kier alpha value is -2.36. The average Bonchev–Trinajstić information content (AvgIpc) is 2.98. The molecule has 0 saturated carbocycles. The Morgan fingerprint density at radius 2 is 2.10 bits per heavy atom. The van der Waals surface area contributed by atoms with Gasteiger partial charge in [-0.05, 0) is 18.9 Å². The minimum atomic E-state index is -0.338. The molecular formula is C17H17NO3. The first-order valence-electron chi connectivity index (χ1n) is 7.16. The van der Waals surface area contributed by atoms with E-state index in [4.69, 9.17) is 4.74 Å². The highest BCUT2D eigenvalue weighted by molar-refractivity contribution is 6.05. The number of ether oxygens (including phenoxy) is 1. The van der Waals surface area contributed by atoms with Crippen LogP contribution in [-0.4, -0.2) is 18.5 Å². The monoisotopic (exact) mass is 283 g/mol. The second-order valence-corrected chi connectivity index (χ2v) is 5.16. The molecule has 1 amide bonds. The predicted octanol–water partition coefficient (Wildman–Crippen LogP) is 2.28. The minimum absolute atomic E-state index is 0.0550. The van der Waals surface area contributed by atoms with Gasteiger partial charge in [0.15, 0.2) is 0 Å². The normalized spacial score (nSPS) is 23.8. The van der Waals surface area contributed by atoms with Crippen molar-refractivity contribution in [3.63, 3.8) is 0 Å². The maximum absolute atomic E-state index is 12.4. The van der Waals surface area contributed by atoms with Gasteiger partial charge >= 0.3 is 5.97 Å². The van der Waals surface area contributed by atoms with Crippen LogP contribution in [0.2, 0.25) is 0 Å². The number of carbonyl (C=O) groups excluding carboxylic acids is 2. The Labute approximate surface area is 123 Å². The highest BCUT2D eigenvalue weighted by atomic mass is 16.5. The molecule has 0 radical (unpaired) electrons. The van der Waals surface area contributed by atoms with Crippen LogP contribution in [0.25, 0.3) is 5.70 Å². The molecule has 4 heteroatoms. The van der Waals surface area contributed by atoms with E-state index in [1.165, 1.54) is 0 Å². The second-order valence-electron chi connectivity index (χ2n) is 5.16. The second kappa shape index (κ2) is 5.56. The van der Waals surface area contributed by atoms with Crippen LogP contribution >= 0.6 is 0 Å². The molecule has 2 atom stereocenters. The fourth-order valence-corrected chi connectivity index (χ4v) is 2.97. The van der Waals surface area contributed by atoms with Gasteiger partial charge in [-0.1, -0.05) is 42.5 Å².